The third-order valence-corrected chi connectivity index (χ3v) is 4.90. The Morgan fingerprint density at radius 2 is 2.30 bits per heavy atom. The number of thioether (sulfide) groups is 1. The van der Waals surface area contributed by atoms with Crippen molar-refractivity contribution in [2.24, 2.45) is 0 Å². The predicted octanol–water partition coefficient (Wildman–Crippen LogP) is 3.69. The van der Waals surface area contributed by atoms with E-state index < -0.39 is 0 Å². The van der Waals surface area contributed by atoms with Crippen LogP contribution in [0.1, 0.15) is 26.2 Å². The summed E-state index contributed by atoms with van der Waals surface area (Å²) < 4.78 is 5.10. The average molecular weight is 296 g/mol. The van der Waals surface area contributed by atoms with Crippen LogP contribution in [0.5, 0.6) is 5.75 Å². The van der Waals surface area contributed by atoms with E-state index in [9.17, 15) is 10.1 Å². The van der Waals surface area contributed by atoms with Crippen LogP contribution < -0.4 is 10.1 Å². The average Bonchev–Trinajstić information content (AvgIpc) is 2.86. The number of nitro groups is 1. The van der Waals surface area contributed by atoms with Crippen LogP contribution in [0.3, 0.4) is 0 Å². The number of nitrogens with zero attached hydrogens (tertiary/aromatic N) is 1. The lowest BCUT2D eigenvalue weighted by atomic mass is 10.2. The summed E-state index contributed by atoms with van der Waals surface area (Å²) in [6.07, 6.45) is 3.41. The molecular formula is C14H20N2O3S. The van der Waals surface area contributed by atoms with E-state index in [2.05, 4.69) is 12.2 Å². The van der Waals surface area contributed by atoms with Gasteiger partial charge in [-0.25, -0.2) is 0 Å². The Bertz CT molecular complexity index is 481. The van der Waals surface area contributed by atoms with E-state index in [1.807, 2.05) is 11.8 Å². The number of hydrogen-bond acceptors (Lipinski definition) is 5. The van der Waals surface area contributed by atoms with Crippen molar-refractivity contribution in [3.05, 3.63) is 28.3 Å². The van der Waals surface area contributed by atoms with Crippen LogP contribution in [0.4, 0.5) is 11.4 Å². The molecule has 1 aromatic rings. The van der Waals surface area contributed by atoms with Crippen LogP contribution in [0.25, 0.3) is 0 Å². The number of nitro benzene ring substituents is 1. The van der Waals surface area contributed by atoms with E-state index >= 15 is 0 Å². The van der Waals surface area contributed by atoms with Crippen LogP contribution in [0.2, 0.25) is 0 Å². The Hall–Kier alpha value is -1.43. The standard InChI is InChI=1S/C14H20N2O3S/c1-3-20-13-9-5-6-10(13)15-11-7-4-8-12(19-2)14(11)16(17)18/h4,7-8,10,13,15H,3,5-6,9H2,1-2H3. The molecule has 110 valence electrons. The van der Waals surface area contributed by atoms with Crippen LogP contribution in [0.15, 0.2) is 18.2 Å². The van der Waals surface area contributed by atoms with Gasteiger partial charge in [-0.2, -0.15) is 11.8 Å². The van der Waals surface area contributed by atoms with Gasteiger partial charge < -0.3 is 10.1 Å². The number of ether oxygens (including phenoxy) is 1. The predicted molar refractivity (Wildman–Crippen MR) is 82.8 cm³/mol. The van der Waals surface area contributed by atoms with Gasteiger partial charge in [0.15, 0.2) is 5.75 Å². The molecule has 0 saturated heterocycles. The SMILES string of the molecule is CCSC1CCCC1Nc1cccc(OC)c1[N+](=O)[O-]. The highest BCUT2D eigenvalue weighted by atomic mass is 32.2. The van der Waals surface area contributed by atoms with Crippen molar-refractivity contribution >= 4 is 23.1 Å². The molecule has 0 radical (unpaired) electrons. The molecule has 0 spiro atoms. The fourth-order valence-electron chi connectivity index (χ4n) is 2.70. The second-order valence-electron chi connectivity index (χ2n) is 4.79. The zero-order valence-electron chi connectivity index (χ0n) is 11.8. The zero-order chi connectivity index (χ0) is 14.5. The second kappa shape index (κ2) is 6.83. The smallest absolute Gasteiger partial charge is 0.333 e. The fraction of sp³-hybridized carbons (Fsp3) is 0.571. The minimum Gasteiger partial charge on any atom is -0.490 e. The number of nitrogens with one attached hydrogen (secondary N) is 1. The molecule has 0 amide bonds. The molecule has 1 aliphatic carbocycles. The highest BCUT2D eigenvalue weighted by molar-refractivity contribution is 7.99. The minimum absolute atomic E-state index is 0.0298. The van der Waals surface area contributed by atoms with Crippen molar-refractivity contribution < 1.29 is 9.66 Å². The lowest BCUT2D eigenvalue weighted by Crippen LogP contribution is -2.26. The van der Waals surface area contributed by atoms with Crippen molar-refractivity contribution in [2.45, 2.75) is 37.5 Å². The van der Waals surface area contributed by atoms with Gasteiger partial charge in [-0.1, -0.05) is 19.4 Å². The van der Waals surface area contributed by atoms with Gasteiger partial charge >= 0.3 is 5.69 Å². The molecule has 0 heterocycles. The molecule has 6 heteroatoms. The molecule has 2 unspecified atom stereocenters. The number of anilines is 1. The summed E-state index contributed by atoms with van der Waals surface area (Å²) in [5.74, 6) is 1.38. The third kappa shape index (κ3) is 3.17. The Morgan fingerprint density at radius 1 is 1.50 bits per heavy atom. The highest BCUT2D eigenvalue weighted by Gasteiger charge is 2.30. The maximum absolute atomic E-state index is 11.3. The molecule has 2 rings (SSSR count). The maximum Gasteiger partial charge on any atom is 0.333 e. The maximum atomic E-state index is 11.3. The summed E-state index contributed by atoms with van der Waals surface area (Å²) in [6, 6.07) is 5.46. The molecule has 0 aliphatic heterocycles. The van der Waals surface area contributed by atoms with Gasteiger partial charge in [0.2, 0.25) is 0 Å². The van der Waals surface area contributed by atoms with E-state index in [1.165, 1.54) is 20.0 Å². The third-order valence-electron chi connectivity index (χ3n) is 3.58. The van der Waals surface area contributed by atoms with Crippen LogP contribution >= 0.6 is 11.8 Å². The summed E-state index contributed by atoms with van der Waals surface area (Å²) in [5.41, 5.74) is 0.588. The van der Waals surface area contributed by atoms with Crippen molar-refractivity contribution in [1.29, 1.82) is 0 Å². The lowest BCUT2D eigenvalue weighted by molar-refractivity contribution is -0.384. The largest absolute Gasteiger partial charge is 0.490 e. The Morgan fingerprint density at radius 3 is 2.95 bits per heavy atom. The Kier molecular flexibility index (Phi) is 5.11. The Labute approximate surface area is 123 Å². The number of methoxy groups -OCH3 is 1. The molecule has 1 aliphatic rings. The van der Waals surface area contributed by atoms with Gasteiger partial charge in [-0.15, -0.1) is 0 Å². The molecule has 1 fully saturated rings. The van der Waals surface area contributed by atoms with Crippen molar-refractivity contribution in [3.8, 4) is 5.75 Å². The summed E-state index contributed by atoms with van der Waals surface area (Å²) in [6.45, 7) is 2.15. The molecule has 0 bridgehead atoms. The minimum atomic E-state index is -0.377. The van der Waals surface area contributed by atoms with E-state index in [4.69, 9.17) is 4.74 Å². The van der Waals surface area contributed by atoms with Crippen LogP contribution in [0, 0.1) is 10.1 Å². The summed E-state index contributed by atoms with van der Waals surface area (Å²) in [7, 11) is 1.46. The van der Waals surface area contributed by atoms with Gasteiger partial charge in [0.1, 0.15) is 5.69 Å². The van der Waals surface area contributed by atoms with Crippen molar-refractivity contribution in [3.63, 3.8) is 0 Å². The number of para-hydroxylation sites is 1. The molecule has 1 N–H and O–H groups in total. The summed E-state index contributed by atoms with van der Waals surface area (Å²) >= 11 is 1.93. The molecule has 1 aromatic carbocycles. The van der Waals surface area contributed by atoms with Gasteiger partial charge in [0, 0.05) is 11.3 Å². The molecule has 2 atom stereocenters. The molecule has 20 heavy (non-hydrogen) atoms. The van der Waals surface area contributed by atoms with Crippen LogP contribution in [-0.2, 0) is 0 Å². The van der Waals surface area contributed by atoms with Gasteiger partial charge in [-0.3, -0.25) is 10.1 Å². The molecule has 1 saturated carbocycles. The topological polar surface area (TPSA) is 64.4 Å². The fourth-order valence-corrected chi connectivity index (χ4v) is 3.89. The normalized spacial score (nSPS) is 21.7. The molecule has 0 aromatic heterocycles. The van der Waals surface area contributed by atoms with Crippen LogP contribution in [-0.4, -0.2) is 29.1 Å². The quantitative estimate of drug-likeness (QED) is 0.640. The zero-order valence-corrected chi connectivity index (χ0v) is 12.6. The number of rotatable bonds is 6. The Balaban J connectivity index is 2.22. The van der Waals surface area contributed by atoms with Gasteiger partial charge in [-0.05, 0) is 30.7 Å². The summed E-state index contributed by atoms with van der Waals surface area (Å²) in [5, 5.41) is 15.2. The van der Waals surface area contributed by atoms with Crippen molar-refractivity contribution in [2.75, 3.05) is 18.2 Å². The second-order valence-corrected chi connectivity index (χ2v) is 6.31. The number of benzene rings is 1. The van der Waals surface area contributed by atoms with E-state index in [0.717, 1.165) is 12.2 Å². The van der Waals surface area contributed by atoms with Crippen molar-refractivity contribution in [1.82, 2.24) is 0 Å². The first kappa shape index (κ1) is 15.0. The first-order chi connectivity index (χ1) is 9.67. The van der Waals surface area contributed by atoms with Gasteiger partial charge in [0.25, 0.3) is 0 Å². The monoisotopic (exact) mass is 296 g/mol. The van der Waals surface area contributed by atoms with E-state index in [1.54, 1.807) is 18.2 Å². The summed E-state index contributed by atoms with van der Waals surface area (Å²) in [4.78, 5) is 10.9. The number of hydrogen-bond donors (Lipinski definition) is 1. The molecule has 5 nitrogen and oxygen atoms in total. The van der Waals surface area contributed by atoms with Gasteiger partial charge in [0.05, 0.1) is 12.0 Å². The molecular weight excluding hydrogens is 276 g/mol. The highest BCUT2D eigenvalue weighted by Crippen LogP contribution is 2.38. The first-order valence-electron chi connectivity index (χ1n) is 6.87. The first-order valence-corrected chi connectivity index (χ1v) is 7.91. The lowest BCUT2D eigenvalue weighted by Gasteiger charge is -2.21. The van der Waals surface area contributed by atoms with E-state index in [-0.39, 0.29) is 10.6 Å². The van der Waals surface area contributed by atoms with E-state index in [0.29, 0.717) is 22.7 Å².